The molecule has 7 heteroatoms. The van der Waals surface area contributed by atoms with Crippen molar-refractivity contribution in [2.24, 2.45) is 5.92 Å². The Labute approximate surface area is 153 Å². The molecule has 3 aliphatic heterocycles. The second kappa shape index (κ2) is 6.61. The van der Waals surface area contributed by atoms with E-state index in [-0.39, 0.29) is 18.3 Å². The van der Waals surface area contributed by atoms with Gasteiger partial charge < -0.3 is 15.0 Å². The summed E-state index contributed by atoms with van der Waals surface area (Å²) < 4.78 is 5.31. The van der Waals surface area contributed by atoms with Crippen LogP contribution in [-0.4, -0.2) is 52.0 Å². The number of aromatic nitrogens is 2. The van der Waals surface area contributed by atoms with Crippen LogP contribution < -0.4 is 5.32 Å². The van der Waals surface area contributed by atoms with Crippen LogP contribution >= 0.6 is 0 Å². The van der Waals surface area contributed by atoms with Crippen molar-refractivity contribution in [1.29, 1.82) is 0 Å². The van der Waals surface area contributed by atoms with Gasteiger partial charge in [-0.3, -0.25) is 9.59 Å². The Morgan fingerprint density at radius 1 is 1.42 bits per heavy atom. The van der Waals surface area contributed by atoms with Crippen LogP contribution in [0.15, 0.2) is 6.20 Å². The van der Waals surface area contributed by atoms with Crippen LogP contribution in [0.1, 0.15) is 56.1 Å². The molecule has 2 unspecified atom stereocenters. The summed E-state index contributed by atoms with van der Waals surface area (Å²) in [5.74, 6) is 0.597. The van der Waals surface area contributed by atoms with Crippen LogP contribution in [0.4, 0.5) is 0 Å². The Morgan fingerprint density at radius 3 is 2.96 bits per heavy atom. The number of cyclic esters (lactones) is 1. The van der Waals surface area contributed by atoms with Crippen LogP contribution in [0, 0.1) is 5.92 Å². The van der Waals surface area contributed by atoms with Crippen molar-refractivity contribution in [2.45, 2.75) is 57.6 Å². The highest BCUT2D eigenvalue weighted by Crippen LogP contribution is 2.35. The van der Waals surface area contributed by atoms with Gasteiger partial charge in [-0.2, -0.15) is 0 Å². The summed E-state index contributed by atoms with van der Waals surface area (Å²) in [5.41, 5.74) is 1.34. The van der Waals surface area contributed by atoms with Gasteiger partial charge in [-0.25, -0.2) is 9.97 Å². The van der Waals surface area contributed by atoms with Crippen LogP contribution in [0.3, 0.4) is 0 Å². The maximum Gasteiger partial charge on any atom is 0.307 e. The molecule has 1 aromatic rings. The number of piperidine rings is 1. The lowest BCUT2D eigenvalue weighted by molar-refractivity contribution is -0.149. The molecular weight excluding hydrogens is 332 g/mol. The van der Waals surface area contributed by atoms with Crippen LogP contribution in [0.25, 0.3) is 0 Å². The summed E-state index contributed by atoms with van der Waals surface area (Å²) in [6.45, 7) is 6.78. The van der Waals surface area contributed by atoms with E-state index in [2.05, 4.69) is 10.3 Å². The zero-order valence-corrected chi connectivity index (χ0v) is 15.5. The first kappa shape index (κ1) is 17.4. The molecule has 1 amide bonds. The number of rotatable bonds is 2. The monoisotopic (exact) mass is 358 g/mol. The maximum absolute atomic E-state index is 12.9. The lowest BCUT2D eigenvalue weighted by atomic mass is 9.88. The predicted molar refractivity (Wildman–Crippen MR) is 94.3 cm³/mol. The van der Waals surface area contributed by atoms with Crippen molar-refractivity contribution in [3.63, 3.8) is 0 Å². The molecule has 0 aromatic carbocycles. The Bertz CT molecular complexity index is 727. The highest BCUT2D eigenvalue weighted by Gasteiger charge is 2.47. The quantitative estimate of drug-likeness (QED) is 0.799. The third-order valence-corrected chi connectivity index (χ3v) is 5.81. The SMILES string of the molecule is CC1(C)OC(=O)CC1C(=O)N1CCc2nc(C3CCCNC3)ncc2C1. The third-order valence-electron chi connectivity index (χ3n) is 5.81. The molecule has 0 spiro atoms. The van der Waals surface area contributed by atoms with Gasteiger partial charge in [0.1, 0.15) is 11.4 Å². The Kier molecular flexibility index (Phi) is 4.42. The van der Waals surface area contributed by atoms with E-state index in [1.54, 1.807) is 0 Å². The van der Waals surface area contributed by atoms with Crippen molar-refractivity contribution in [3.8, 4) is 0 Å². The molecule has 0 saturated carbocycles. The molecule has 2 saturated heterocycles. The van der Waals surface area contributed by atoms with E-state index >= 15 is 0 Å². The minimum atomic E-state index is -0.733. The zero-order chi connectivity index (χ0) is 18.3. The van der Waals surface area contributed by atoms with Gasteiger partial charge in [0.2, 0.25) is 5.91 Å². The lowest BCUT2D eigenvalue weighted by Crippen LogP contribution is -2.45. The van der Waals surface area contributed by atoms with Gasteiger partial charge in [0.25, 0.3) is 0 Å². The Balaban J connectivity index is 1.48. The molecule has 26 heavy (non-hydrogen) atoms. The number of fused-ring (bicyclic) bond motifs is 1. The van der Waals surface area contributed by atoms with Gasteiger partial charge in [0.05, 0.1) is 18.0 Å². The molecule has 2 fully saturated rings. The lowest BCUT2D eigenvalue weighted by Gasteiger charge is -2.33. The normalized spacial score (nSPS) is 27.8. The molecule has 4 rings (SSSR count). The summed E-state index contributed by atoms with van der Waals surface area (Å²) in [6, 6.07) is 0. The first-order valence-corrected chi connectivity index (χ1v) is 9.50. The van der Waals surface area contributed by atoms with Gasteiger partial charge in [-0.1, -0.05) is 0 Å². The van der Waals surface area contributed by atoms with Crippen molar-refractivity contribution in [3.05, 3.63) is 23.3 Å². The highest BCUT2D eigenvalue weighted by molar-refractivity contribution is 5.87. The molecule has 3 aliphatic rings. The largest absolute Gasteiger partial charge is 0.459 e. The third kappa shape index (κ3) is 3.20. The smallest absolute Gasteiger partial charge is 0.307 e. The highest BCUT2D eigenvalue weighted by atomic mass is 16.6. The number of amides is 1. The summed E-state index contributed by atoms with van der Waals surface area (Å²) >= 11 is 0. The van der Waals surface area contributed by atoms with E-state index in [0.717, 1.165) is 49.4 Å². The van der Waals surface area contributed by atoms with E-state index in [9.17, 15) is 9.59 Å². The van der Waals surface area contributed by atoms with Crippen LogP contribution in [0.2, 0.25) is 0 Å². The fourth-order valence-corrected chi connectivity index (χ4v) is 4.21. The van der Waals surface area contributed by atoms with Gasteiger partial charge in [0.15, 0.2) is 0 Å². The minimum absolute atomic E-state index is 0.00735. The summed E-state index contributed by atoms with van der Waals surface area (Å²) in [6.07, 6.45) is 5.07. The molecule has 1 aromatic heterocycles. The van der Waals surface area contributed by atoms with Gasteiger partial charge in [-0.05, 0) is 33.2 Å². The topological polar surface area (TPSA) is 84.4 Å². The second-order valence-electron chi connectivity index (χ2n) is 8.09. The van der Waals surface area contributed by atoms with E-state index in [0.29, 0.717) is 19.0 Å². The summed E-state index contributed by atoms with van der Waals surface area (Å²) in [7, 11) is 0. The predicted octanol–water partition coefficient (Wildman–Crippen LogP) is 1.17. The molecule has 0 bridgehead atoms. The van der Waals surface area contributed by atoms with Crippen molar-refractivity contribution >= 4 is 11.9 Å². The molecule has 4 heterocycles. The maximum atomic E-state index is 12.9. The first-order chi connectivity index (χ1) is 12.4. The molecule has 2 atom stereocenters. The van der Waals surface area contributed by atoms with E-state index < -0.39 is 11.5 Å². The van der Waals surface area contributed by atoms with Crippen molar-refractivity contribution < 1.29 is 14.3 Å². The summed E-state index contributed by atoms with van der Waals surface area (Å²) in [4.78, 5) is 35.8. The molecule has 140 valence electrons. The number of esters is 1. The van der Waals surface area contributed by atoms with E-state index in [1.807, 2.05) is 24.9 Å². The zero-order valence-electron chi connectivity index (χ0n) is 15.5. The molecule has 7 nitrogen and oxygen atoms in total. The number of carbonyl (C=O) groups excluding carboxylic acids is 2. The average molecular weight is 358 g/mol. The molecule has 0 radical (unpaired) electrons. The van der Waals surface area contributed by atoms with Gasteiger partial charge in [-0.15, -0.1) is 0 Å². The van der Waals surface area contributed by atoms with Crippen LogP contribution in [-0.2, 0) is 27.3 Å². The Hall–Kier alpha value is -2.02. The molecule has 1 N–H and O–H groups in total. The fraction of sp³-hybridized carbons (Fsp3) is 0.684. The van der Waals surface area contributed by atoms with E-state index in [4.69, 9.17) is 9.72 Å². The number of ether oxygens (including phenoxy) is 1. The molecular formula is C19H26N4O3. The number of nitrogens with one attached hydrogen (secondary N) is 1. The van der Waals surface area contributed by atoms with E-state index in [1.165, 1.54) is 0 Å². The van der Waals surface area contributed by atoms with Gasteiger partial charge in [0, 0.05) is 43.7 Å². The van der Waals surface area contributed by atoms with Gasteiger partial charge >= 0.3 is 5.97 Å². The van der Waals surface area contributed by atoms with Crippen LogP contribution in [0.5, 0.6) is 0 Å². The van der Waals surface area contributed by atoms with Crippen molar-refractivity contribution in [2.75, 3.05) is 19.6 Å². The standard InChI is InChI=1S/C19H26N4O3/c1-19(2)14(8-16(24)26-19)18(25)23-7-5-15-13(11-23)10-21-17(22-15)12-4-3-6-20-9-12/h10,12,14,20H,3-9,11H2,1-2H3. The second-order valence-corrected chi connectivity index (χ2v) is 8.09. The number of carbonyl (C=O) groups is 2. The number of nitrogens with zero attached hydrogens (tertiary/aromatic N) is 3. The number of hydrogen-bond donors (Lipinski definition) is 1. The fourth-order valence-electron chi connectivity index (χ4n) is 4.21. The van der Waals surface area contributed by atoms with Crippen molar-refractivity contribution in [1.82, 2.24) is 20.2 Å². The summed E-state index contributed by atoms with van der Waals surface area (Å²) in [5, 5.41) is 3.41. The molecule has 0 aliphatic carbocycles. The number of hydrogen-bond acceptors (Lipinski definition) is 6. The average Bonchev–Trinajstić information content (AvgIpc) is 2.93. The first-order valence-electron chi connectivity index (χ1n) is 9.50. The Morgan fingerprint density at radius 2 is 2.27 bits per heavy atom. The minimum Gasteiger partial charge on any atom is -0.459 e.